The maximum atomic E-state index is 14.2. The van der Waals surface area contributed by atoms with Crippen molar-refractivity contribution < 1.29 is 9.13 Å². The van der Waals surface area contributed by atoms with Crippen LogP contribution >= 0.6 is 0 Å². The topological polar surface area (TPSA) is 55.2 Å². The fourth-order valence-corrected chi connectivity index (χ4v) is 3.31. The van der Waals surface area contributed by atoms with Gasteiger partial charge in [-0.2, -0.15) is 5.10 Å². The van der Waals surface area contributed by atoms with Crippen molar-refractivity contribution in [1.29, 1.82) is 0 Å². The Bertz CT molecular complexity index is 668. The molecule has 1 fully saturated rings. The largest absolute Gasteiger partial charge is 0.373 e. The van der Waals surface area contributed by atoms with Crippen molar-refractivity contribution in [2.45, 2.75) is 45.6 Å². The fourth-order valence-electron chi connectivity index (χ4n) is 3.31. The van der Waals surface area contributed by atoms with E-state index < -0.39 is 0 Å². The van der Waals surface area contributed by atoms with Crippen LogP contribution in [0.15, 0.2) is 30.9 Å². The summed E-state index contributed by atoms with van der Waals surface area (Å²) in [7, 11) is 0. The molecule has 3 rings (SSSR count). The first-order chi connectivity index (χ1) is 12.0. The maximum Gasteiger partial charge on any atom is 0.149 e. The van der Waals surface area contributed by atoms with Crippen molar-refractivity contribution in [3.8, 4) is 5.69 Å². The van der Waals surface area contributed by atoms with Gasteiger partial charge in [0.2, 0.25) is 0 Å². The van der Waals surface area contributed by atoms with E-state index >= 15 is 0 Å². The zero-order valence-corrected chi connectivity index (χ0v) is 15.0. The Labute approximate surface area is 148 Å². The molecule has 6 nitrogen and oxygen atoms in total. The summed E-state index contributed by atoms with van der Waals surface area (Å²) in [6.07, 6.45) is 3.42. The molecule has 0 saturated carbocycles. The van der Waals surface area contributed by atoms with Crippen LogP contribution in [-0.2, 0) is 11.3 Å². The summed E-state index contributed by atoms with van der Waals surface area (Å²) in [5, 5.41) is 7.39. The van der Waals surface area contributed by atoms with Gasteiger partial charge >= 0.3 is 0 Å². The highest BCUT2D eigenvalue weighted by Gasteiger charge is 2.25. The molecule has 1 aromatic heterocycles. The molecule has 0 unspecified atom stereocenters. The number of benzene rings is 1. The van der Waals surface area contributed by atoms with E-state index in [0.29, 0.717) is 18.3 Å². The van der Waals surface area contributed by atoms with Crippen LogP contribution in [0.4, 0.5) is 4.39 Å². The second-order valence-electron chi connectivity index (χ2n) is 6.82. The molecule has 2 aromatic rings. The molecule has 1 N–H and O–H groups in total. The van der Waals surface area contributed by atoms with Gasteiger partial charge in [0.1, 0.15) is 24.2 Å². The van der Waals surface area contributed by atoms with Gasteiger partial charge in [0, 0.05) is 32.2 Å². The molecular weight excluding hydrogens is 321 g/mol. The van der Waals surface area contributed by atoms with Crippen LogP contribution in [0.1, 0.15) is 26.3 Å². The first kappa shape index (κ1) is 18.0. The summed E-state index contributed by atoms with van der Waals surface area (Å²) in [6, 6.07) is 5.60. The van der Waals surface area contributed by atoms with Crippen molar-refractivity contribution in [3.63, 3.8) is 0 Å². The van der Waals surface area contributed by atoms with Crippen molar-refractivity contribution in [2.24, 2.45) is 0 Å². The van der Waals surface area contributed by atoms with Gasteiger partial charge in [0.25, 0.3) is 0 Å². The average Bonchev–Trinajstić information content (AvgIpc) is 3.08. The molecule has 0 radical (unpaired) electrons. The average molecular weight is 347 g/mol. The molecule has 1 aromatic carbocycles. The Morgan fingerprint density at radius 2 is 2.08 bits per heavy atom. The van der Waals surface area contributed by atoms with E-state index in [0.717, 1.165) is 25.2 Å². The number of hydrogen-bond acceptors (Lipinski definition) is 5. The first-order valence-corrected chi connectivity index (χ1v) is 8.76. The molecule has 0 spiro atoms. The molecule has 3 atom stereocenters. The van der Waals surface area contributed by atoms with Crippen LogP contribution in [-0.4, -0.2) is 57.5 Å². The number of nitrogens with zero attached hydrogens (tertiary/aromatic N) is 4. The minimum Gasteiger partial charge on any atom is -0.373 e. The lowest BCUT2D eigenvalue weighted by molar-refractivity contribution is -0.0781. The van der Waals surface area contributed by atoms with Crippen molar-refractivity contribution >= 4 is 0 Å². The molecule has 0 amide bonds. The highest BCUT2D eigenvalue weighted by atomic mass is 19.1. The van der Waals surface area contributed by atoms with Gasteiger partial charge in [-0.25, -0.2) is 14.1 Å². The maximum absolute atomic E-state index is 14.2. The highest BCUT2D eigenvalue weighted by Crippen LogP contribution is 2.15. The van der Waals surface area contributed by atoms with Gasteiger partial charge in [-0.15, -0.1) is 0 Å². The van der Waals surface area contributed by atoms with Gasteiger partial charge < -0.3 is 10.1 Å². The fraction of sp³-hybridized carbons (Fsp3) is 0.556. The van der Waals surface area contributed by atoms with Crippen LogP contribution in [0.25, 0.3) is 5.69 Å². The van der Waals surface area contributed by atoms with Gasteiger partial charge in [-0.3, -0.25) is 4.90 Å². The van der Waals surface area contributed by atoms with E-state index in [1.54, 1.807) is 12.1 Å². The van der Waals surface area contributed by atoms with Gasteiger partial charge in [0.15, 0.2) is 0 Å². The molecular formula is C18H26FN5O. The van der Waals surface area contributed by atoms with Gasteiger partial charge in [-0.1, -0.05) is 6.07 Å². The molecule has 136 valence electrons. The molecule has 0 aliphatic carbocycles. The lowest BCUT2D eigenvalue weighted by Crippen LogP contribution is -2.51. The van der Waals surface area contributed by atoms with Crippen LogP contribution in [0, 0.1) is 5.82 Å². The third-order valence-electron chi connectivity index (χ3n) is 4.52. The molecule has 2 heterocycles. The van der Waals surface area contributed by atoms with Crippen molar-refractivity contribution in [1.82, 2.24) is 25.0 Å². The number of halogens is 1. The van der Waals surface area contributed by atoms with Crippen LogP contribution in [0.3, 0.4) is 0 Å². The van der Waals surface area contributed by atoms with Gasteiger partial charge in [0.05, 0.1) is 12.2 Å². The Morgan fingerprint density at radius 1 is 1.32 bits per heavy atom. The normalized spacial score (nSPS) is 22.9. The number of morpholine rings is 1. The summed E-state index contributed by atoms with van der Waals surface area (Å²) < 4.78 is 21.4. The number of aromatic nitrogens is 3. The highest BCUT2D eigenvalue weighted by molar-refractivity contribution is 5.35. The minimum absolute atomic E-state index is 0.268. The van der Waals surface area contributed by atoms with Crippen molar-refractivity contribution in [2.75, 3.05) is 19.6 Å². The van der Waals surface area contributed by atoms with E-state index in [-0.39, 0.29) is 18.0 Å². The first-order valence-electron chi connectivity index (χ1n) is 8.76. The number of ether oxygens (including phenoxy) is 1. The Hall–Kier alpha value is -1.83. The lowest BCUT2D eigenvalue weighted by atomic mass is 10.1. The SMILES string of the molecule is C[C@@H]1CN([C@@H](C)CNCc2ccc(-n3cncn3)c(F)c2)C[C@H](C)O1. The van der Waals surface area contributed by atoms with E-state index in [2.05, 4.69) is 41.1 Å². The Balaban J connectivity index is 1.51. The summed E-state index contributed by atoms with van der Waals surface area (Å²) in [5.74, 6) is -0.298. The monoisotopic (exact) mass is 347 g/mol. The van der Waals surface area contributed by atoms with Crippen LogP contribution in [0.2, 0.25) is 0 Å². The molecule has 25 heavy (non-hydrogen) atoms. The lowest BCUT2D eigenvalue weighted by Gasteiger charge is -2.39. The Kier molecular flexibility index (Phi) is 5.78. The quantitative estimate of drug-likeness (QED) is 0.866. The third kappa shape index (κ3) is 4.62. The molecule has 0 bridgehead atoms. The standard InChI is InChI=1S/C18H26FN5O/c1-13(23-9-14(2)25-15(3)10-23)7-20-8-16-4-5-18(17(19)6-16)24-12-21-11-22-24/h4-6,11-15,20H,7-10H2,1-3H3/t13-,14-,15+/m0/s1. The van der Waals surface area contributed by atoms with E-state index in [9.17, 15) is 4.39 Å². The minimum atomic E-state index is -0.298. The second-order valence-corrected chi connectivity index (χ2v) is 6.82. The number of nitrogens with one attached hydrogen (secondary N) is 1. The summed E-state index contributed by atoms with van der Waals surface area (Å²) >= 11 is 0. The Morgan fingerprint density at radius 3 is 2.72 bits per heavy atom. The predicted molar refractivity (Wildman–Crippen MR) is 94.1 cm³/mol. The third-order valence-corrected chi connectivity index (χ3v) is 4.52. The van der Waals surface area contributed by atoms with Gasteiger partial charge in [-0.05, 0) is 38.5 Å². The second kappa shape index (κ2) is 8.03. The molecule has 1 aliphatic heterocycles. The zero-order chi connectivity index (χ0) is 17.8. The molecule has 1 saturated heterocycles. The predicted octanol–water partition coefficient (Wildman–Crippen LogP) is 1.99. The zero-order valence-electron chi connectivity index (χ0n) is 15.0. The van der Waals surface area contributed by atoms with Crippen LogP contribution in [0.5, 0.6) is 0 Å². The smallest absolute Gasteiger partial charge is 0.149 e. The van der Waals surface area contributed by atoms with Crippen molar-refractivity contribution in [3.05, 3.63) is 42.2 Å². The molecule has 1 aliphatic rings. The van der Waals surface area contributed by atoms with E-state index in [4.69, 9.17) is 4.74 Å². The van der Waals surface area contributed by atoms with E-state index in [1.165, 1.54) is 17.3 Å². The molecule has 7 heteroatoms. The van der Waals surface area contributed by atoms with E-state index in [1.807, 2.05) is 6.07 Å². The summed E-state index contributed by atoms with van der Waals surface area (Å²) in [4.78, 5) is 6.29. The summed E-state index contributed by atoms with van der Waals surface area (Å²) in [5.41, 5.74) is 1.32. The number of hydrogen-bond donors (Lipinski definition) is 1. The summed E-state index contributed by atoms with van der Waals surface area (Å²) in [6.45, 7) is 9.83. The number of rotatable bonds is 6. The van der Waals surface area contributed by atoms with Crippen LogP contribution < -0.4 is 5.32 Å².